The van der Waals surface area contributed by atoms with E-state index >= 15 is 0 Å². The van der Waals surface area contributed by atoms with Crippen LogP contribution in [0, 0.1) is 35.5 Å². The molecule has 0 unspecified atom stereocenters. The number of hydrogen-bond acceptors (Lipinski definition) is 30. The Morgan fingerprint density at radius 3 is 0.896 bits per heavy atom. The average Bonchev–Trinajstić information content (AvgIpc) is 0.919. The lowest BCUT2D eigenvalue weighted by molar-refractivity contribution is -0.118. The molecule has 2 saturated heterocycles. The molecule has 2 fully saturated rings. The van der Waals surface area contributed by atoms with Gasteiger partial charge in [0.25, 0.3) is 0 Å². The van der Waals surface area contributed by atoms with Gasteiger partial charge in [0.15, 0.2) is 35.7 Å². The van der Waals surface area contributed by atoms with Crippen molar-refractivity contribution in [3.05, 3.63) is 175 Å². The Labute approximate surface area is 851 Å². The van der Waals surface area contributed by atoms with Crippen molar-refractivity contribution in [3.8, 4) is 0 Å². The van der Waals surface area contributed by atoms with E-state index in [0.29, 0.717) is 151 Å². The van der Waals surface area contributed by atoms with Gasteiger partial charge >= 0.3 is 18.3 Å². The molecule has 5 aliphatic heterocycles. The minimum absolute atomic E-state index is 0.0865. The molecule has 0 spiro atoms. The lowest BCUT2D eigenvalue weighted by atomic mass is 9.85. The Balaban J connectivity index is 0.000000330. The van der Waals surface area contributed by atoms with E-state index in [4.69, 9.17) is 74.0 Å². The number of allylic oxidation sites excluding steroid dienone is 12. The van der Waals surface area contributed by atoms with E-state index in [0.717, 1.165) is 39.3 Å². The number of nitrogens with one attached hydrogen (secondary N) is 6. The number of nitrogens with two attached hydrogens (primary N) is 3. The van der Waals surface area contributed by atoms with Crippen LogP contribution in [0.25, 0.3) is 0 Å². The van der Waals surface area contributed by atoms with Crippen LogP contribution in [-0.4, -0.2) is 322 Å². The number of carbonyl (C=O) groups excluding carboxylic acids is 12. The number of amides is 6. The fourth-order valence-electron chi connectivity index (χ4n) is 19.0. The molecule has 36 heteroatoms. The van der Waals surface area contributed by atoms with Gasteiger partial charge in [-0.1, -0.05) is 114 Å². The van der Waals surface area contributed by atoms with E-state index in [9.17, 15) is 57.5 Å². The summed E-state index contributed by atoms with van der Waals surface area (Å²) < 4.78 is 69.1. The van der Waals surface area contributed by atoms with Gasteiger partial charge in [-0.15, -0.1) is 0 Å². The molecule has 3 aliphatic carbocycles. The Kier molecular flexibility index (Phi) is 52.8. The van der Waals surface area contributed by atoms with Crippen molar-refractivity contribution >= 4 is 70.7 Å². The molecule has 800 valence electrons. The predicted octanol–water partition coefficient (Wildman–Crippen LogP) is 9.68. The quantitative estimate of drug-likeness (QED) is 0.0246. The molecule has 6 amide bonds. The Bertz CT molecular complexity index is 4900. The third-order valence-electron chi connectivity index (χ3n) is 27.4. The van der Waals surface area contributed by atoms with Crippen molar-refractivity contribution in [2.75, 3.05) is 163 Å². The SMILES string of the molecule is CO[C@H]1[C@@H](OC)C[C@H](C)CCC2=C(NCCN(C)C)C(=O)C=C(CNC(=O)/C(C)=C/C=C\[C@H](OC)[C@@H](OC(N)=O)/C(C)=C/[C@@H]1C)C2=O.CO[C@H]1[C@@H](OC)C[C@H](C)CCC2=C(NCCN3CCC3)C(=O)C=C(CNC(=O)/C(C)=C/C=C\[C@H](OC)[C@@H](OC(N)=O)/C(C)=C/[C@@H]1C)C2=O.CO[C@H]1[C@@H](OC)C[C@H](C)CCC2=C(NCCN3CCCC3)C(=O)C=C(CNC(=O)/C(C)=C/C=C\[C@H](OC)[C@@H](OC(N)=O)/C(C)=C/[C@@H]1C)C2=O. The normalized spacial score (nSPS) is 31.1. The summed E-state index contributed by atoms with van der Waals surface area (Å²) in [6, 6.07) is 0. The standard InChI is InChI=1S/C37H56N4O8.C36H54N4O8.C35H54N4O8/c1-23-13-14-28-32(39-15-18-41-16-8-9-17-41)29(42)21-27(33(28)43)22-40-36(44)24(2)11-10-12-30(46-5)35(49-37(38)45)26(4)20-25(3)34(48-7)31(19-23)47-6;1-22-12-13-27-31(38-14-17-40-15-9-16-40)28(41)20-26(32(27)42)21-39-35(43)23(2)10-8-11-29(45-5)34(48-36(37)44)25(4)19-24(3)33(47-7)30(18-22)46-6;1-21-13-14-26-30(37-15-16-39(5)6)27(40)19-25(31(26)41)20-38-34(42)22(2)11-10-12-28(44-7)33(47-35(36)43)24(4)18-23(3)32(46-9)29(17-21)45-8/h10-12,20-21,23,25,30-31,34-35,39H,8-9,13-19,22H2,1-7H3,(H2,38,45)(H,40,44);8,10-11,19-20,22,24,29-30,33-34,38H,9,12-18,21H2,1-7H3,(H2,37,44)(H,39,43);10-12,18-19,21,23,28-29,32-33,37H,13-17,20H2,1-9H3,(H2,36,43)(H,38,42)/b12-10-,24-11+,26-20+;11-8-,23-10+,25-19+;12-10-,22-11+,24-18+/t23-,25+,30+,31+,34-,35+;22-,24+,29+,30+,33-,34+;21-,23+,28+,29+,32-,33+/m111/s1. The highest BCUT2D eigenvalue weighted by Gasteiger charge is 2.39. The van der Waals surface area contributed by atoms with Gasteiger partial charge in [-0.05, 0) is 212 Å². The molecule has 8 rings (SSSR count). The van der Waals surface area contributed by atoms with Crippen molar-refractivity contribution in [3.63, 3.8) is 0 Å². The number of methoxy groups -OCH3 is 9. The van der Waals surface area contributed by atoms with Gasteiger partial charge in [0.1, 0.15) is 18.3 Å². The average molecular weight is 2010 g/mol. The topological polar surface area (TPSA) is 476 Å². The highest BCUT2D eigenvalue weighted by molar-refractivity contribution is 6.24. The summed E-state index contributed by atoms with van der Waals surface area (Å²) in [5.41, 5.74) is 22.5. The lowest BCUT2D eigenvalue weighted by Gasteiger charge is -2.32. The van der Waals surface area contributed by atoms with Crippen molar-refractivity contribution in [2.24, 2.45) is 52.7 Å². The fourth-order valence-corrected chi connectivity index (χ4v) is 19.0. The van der Waals surface area contributed by atoms with E-state index < -0.39 is 72.6 Å². The first-order valence-electron chi connectivity index (χ1n) is 50.0. The number of Topliss-reactive ketones (excluding diaryl/α,β-unsaturated/α-hetero) is 3. The second kappa shape index (κ2) is 62.3. The second-order valence-electron chi connectivity index (χ2n) is 38.8. The third kappa shape index (κ3) is 37.9. The van der Waals surface area contributed by atoms with Crippen LogP contribution in [0.15, 0.2) is 175 Å². The van der Waals surface area contributed by atoms with Crippen LogP contribution >= 0.6 is 0 Å². The molecule has 0 saturated carbocycles. The number of ketones is 6. The van der Waals surface area contributed by atoms with Gasteiger partial charge in [0.2, 0.25) is 35.1 Å². The van der Waals surface area contributed by atoms with Crippen molar-refractivity contribution in [1.82, 2.24) is 46.6 Å². The monoisotopic (exact) mass is 2010 g/mol. The van der Waals surface area contributed by atoms with Crippen LogP contribution < -0.4 is 49.1 Å². The molecular formula is C108H164N12O24. The van der Waals surface area contributed by atoms with Crippen LogP contribution in [0.3, 0.4) is 0 Å². The predicted molar refractivity (Wildman–Crippen MR) is 551 cm³/mol. The summed E-state index contributed by atoms with van der Waals surface area (Å²) in [6.07, 6.45) is 23.5. The second-order valence-corrected chi connectivity index (χ2v) is 38.8. The number of likely N-dealkylation sites (N-methyl/N-ethyl adjacent to an activating group) is 1. The molecule has 8 aliphatic rings. The highest BCUT2D eigenvalue weighted by atomic mass is 16.6. The number of likely N-dealkylation sites (tertiary alicyclic amines) is 2. The Hall–Kier alpha value is -10.7. The molecular weight excluding hydrogens is 1850 g/mol. The minimum atomic E-state index is -0.951. The molecule has 0 aromatic carbocycles. The molecule has 6 bridgehead atoms. The molecule has 36 nitrogen and oxygen atoms in total. The number of fused-ring (bicyclic) bond motifs is 6. The van der Waals surface area contributed by atoms with Crippen LogP contribution in [-0.2, 0) is 100.0 Å². The Morgan fingerprint density at radius 1 is 0.389 bits per heavy atom. The third-order valence-corrected chi connectivity index (χ3v) is 27.4. The van der Waals surface area contributed by atoms with Gasteiger partial charge in [0.05, 0.1) is 53.7 Å². The smallest absolute Gasteiger partial charge is 0.405 e. The van der Waals surface area contributed by atoms with Gasteiger partial charge in [0, 0.05) is 191 Å². The maximum atomic E-state index is 13.9. The molecule has 18 atom stereocenters. The number of primary amides is 3. The number of carbonyl (C=O) groups is 12. The van der Waals surface area contributed by atoms with E-state index in [1.807, 2.05) is 78.8 Å². The summed E-state index contributed by atoms with van der Waals surface area (Å²) >= 11 is 0. The molecule has 0 radical (unpaired) electrons. The molecule has 12 N–H and O–H groups in total. The number of nitrogens with zero attached hydrogens (tertiary/aromatic N) is 3. The molecule has 5 heterocycles. The van der Waals surface area contributed by atoms with E-state index in [2.05, 4.69) is 62.5 Å². The zero-order valence-corrected chi connectivity index (χ0v) is 89.1. The molecule has 0 aromatic rings. The van der Waals surface area contributed by atoms with Gasteiger partial charge in [-0.25, -0.2) is 14.4 Å². The van der Waals surface area contributed by atoms with E-state index in [1.54, 1.807) is 118 Å². The van der Waals surface area contributed by atoms with Gasteiger partial charge in [-0.3, -0.25) is 43.2 Å². The maximum Gasteiger partial charge on any atom is 0.405 e. The van der Waals surface area contributed by atoms with Crippen LogP contribution in [0.1, 0.15) is 160 Å². The van der Waals surface area contributed by atoms with Gasteiger partial charge in [-0.2, -0.15) is 0 Å². The maximum absolute atomic E-state index is 13.9. The highest BCUT2D eigenvalue weighted by Crippen LogP contribution is 2.35. The first kappa shape index (κ1) is 122. The van der Waals surface area contributed by atoms with Crippen molar-refractivity contribution in [1.29, 1.82) is 0 Å². The summed E-state index contributed by atoms with van der Waals surface area (Å²) in [7, 11) is 18.1. The number of rotatable bonds is 24. The van der Waals surface area contributed by atoms with Crippen molar-refractivity contribution < 1.29 is 114 Å². The zero-order valence-electron chi connectivity index (χ0n) is 89.1. The minimum Gasteiger partial charge on any atom is -0.439 e. The van der Waals surface area contributed by atoms with E-state index in [-0.39, 0.29) is 143 Å². The van der Waals surface area contributed by atoms with Crippen molar-refractivity contribution in [2.45, 2.75) is 233 Å². The number of hydrogen-bond donors (Lipinski definition) is 9. The molecule has 0 aromatic heterocycles. The number of ether oxygens (including phenoxy) is 12. The summed E-state index contributed by atoms with van der Waals surface area (Å²) in [4.78, 5) is 163. The summed E-state index contributed by atoms with van der Waals surface area (Å²) in [5.74, 6) is -2.94. The lowest BCUT2D eigenvalue weighted by Crippen LogP contribution is -2.42. The zero-order chi connectivity index (χ0) is 107. The summed E-state index contributed by atoms with van der Waals surface area (Å²) in [6.45, 7) is 30.4. The van der Waals surface area contributed by atoms with Crippen LogP contribution in [0.4, 0.5) is 14.4 Å². The van der Waals surface area contributed by atoms with Gasteiger partial charge < -0.3 is 121 Å². The summed E-state index contributed by atoms with van der Waals surface area (Å²) in [5, 5.41) is 18.1. The largest absolute Gasteiger partial charge is 0.439 e. The Morgan fingerprint density at radius 2 is 0.660 bits per heavy atom. The fraction of sp³-hybridized carbons (Fsp3) is 0.611. The van der Waals surface area contributed by atoms with Crippen LogP contribution in [0.2, 0.25) is 0 Å². The molecule has 144 heavy (non-hydrogen) atoms. The first-order valence-corrected chi connectivity index (χ1v) is 50.0. The van der Waals surface area contributed by atoms with E-state index in [1.165, 1.54) is 58.8 Å². The van der Waals surface area contributed by atoms with Crippen LogP contribution in [0.5, 0.6) is 0 Å². The first-order chi connectivity index (χ1) is 68.5.